The maximum Gasteiger partial charge on any atom is 0.0700 e. The van der Waals surface area contributed by atoms with Gasteiger partial charge in [-0.15, -0.1) is 0 Å². The summed E-state index contributed by atoms with van der Waals surface area (Å²) >= 11 is 12.4. The number of fused-ring (bicyclic) bond motifs is 1. The quantitative estimate of drug-likeness (QED) is 0.907. The lowest BCUT2D eigenvalue weighted by Gasteiger charge is -2.47. The molecule has 1 saturated carbocycles. The van der Waals surface area contributed by atoms with Gasteiger partial charge < -0.3 is 5.11 Å². The Morgan fingerprint density at radius 2 is 2.00 bits per heavy atom. The Kier molecular flexibility index (Phi) is 4.23. The molecule has 2 heterocycles. The van der Waals surface area contributed by atoms with Crippen LogP contribution in [0.2, 0.25) is 10.0 Å². The molecule has 2 aliphatic rings. The van der Waals surface area contributed by atoms with Crippen LogP contribution in [0.15, 0.2) is 12.4 Å². The third-order valence-electron chi connectivity index (χ3n) is 4.85. The Hall–Kier alpha value is -0.350. The molecule has 1 N–H and O–H groups in total. The van der Waals surface area contributed by atoms with Crippen molar-refractivity contribution in [3.63, 3.8) is 0 Å². The number of aliphatic hydroxyl groups is 1. The Morgan fingerprint density at radius 3 is 2.75 bits per heavy atom. The Morgan fingerprint density at radius 1 is 1.25 bits per heavy atom. The molecule has 20 heavy (non-hydrogen) atoms. The maximum absolute atomic E-state index is 10.7. The van der Waals surface area contributed by atoms with Crippen LogP contribution in [0.25, 0.3) is 0 Å². The van der Waals surface area contributed by atoms with Crippen LogP contribution in [0.1, 0.15) is 37.7 Å². The summed E-state index contributed by atoms with van der Waals surface area (Å²) in [5.41, 5.74) is 0.519. The minimum atomic E-state index is -0.430. The lowest BCUT2D eigenvalue weighted by atomic mass is 9.71. The molecule has 3 nitrogen and oxygen atoms in total. The summed E-state index contributed by atoms with van der Waals surface area (Å²) in [6, 6.07) is 0. The highest BCUT2D eigenvalue weighted by Crippen LogP contribution is 2.40. The molecule has 110 valence electrons. The predicted octanol–water partition coefficient (Wildman–Crippen LogP) is 3.52. The Labute approximate surface area is 129 Å². The number of pyridine rings is 1. The molecule has 5 heteroatoms. The fraction of sp³-hybridized carbons (Fsp3) is 0.667. The van der Waals surface area contributed by atoms with E-state index in [2.05, 4.69) is 9.88 Å². The fourth-order valence-corrected chi connectivity index (χ4v) is 4.08. The van der Waals surface area contributed by atoms with Gasteiger partial charge >= 0.3 is 0 Å². The van der Waals surface area contributed by atoms with Crippen LogP contribution in [0.4, 0.5) is 0 Å². The second kappa shape index (κ2) is 5.80. The van der Waals surface area contributed by atoms with Crippen molar-refractivity contribution in [2.24, 2.45) is 5.92 Å². The largest absolute Gasteiger partial charge is 0.390 e. The van der Waals surface area contributed by atoms with E-state index < -0.39 is 5.60 Å². The SMILES string of the molecule is O[C@]12CCCC[C@H]1CN(Cc1c(Cl)cncc1Cl)CC2. The molecule has 3 rings (SSSR count). The second-order valence-electron chi connectivity index (χ2n) is 6.11. The van der Waals surface area contributed by atoms with Crippen molar-refractivity contribution < 1.29 is 5.11 Å². The molecule has 1 aliphatic heterocycles. The number of likely N-dealkylation sites (tertiary alicyclic amines) is 1. The lowest BCUT2D eigenvalue weighted by molar-refractivity contribution is -0.0967. The smallest absolute Gasteiger partial charge is 0.0700 e. The summed E-state index contributed by atoms with van der Waals surface area (Å²) in [6.07, 6.45) is 8.63. The van der Waals surface area contributed by atoms with Crippen molar-refractivity contribution in [2.45, 2.75) is 44.2 Å². The first-order valence-corrected chi connectivity index (χ1v) is 8.07. The Bertz CT molecular complexity index is 477. The van der Waals surface area contributed by atoms with Crippen LogP contribution in [0.5, 0.6) is 0 Å². The molecule has 2 fully saturated rings. The summed E-state index contributed by atoms with van der Waals surface area (Å²) in [5.74, 6) is 0.393. The molecule has 2 atom stereocenters. The van der Waals surface area contributed by atoms with Gasteiger partial charge in [0.25, 0.3) is 0 Å². The number of halogens is 2. The molecule has 0 bridgehead atoms. The molecule has 0 amide bonds. The first-order valence-electron chi connectivity index (χ1n) is 7.31. The monoisotopic (exact) mass is 314 g/mol. The van der Waals surface area contributed by atoms with Gasteiger partial charge in [0.2, 0.25) is 0 Å². The third kappa shape index (κ3) is 2.82. The van der Waals surface area contributed by atoms with Gasteiger partial charge in [-0.3, -0.25) is 9.88 Å². The number of hydrogen-bond acceptors (Lipinski definition) is 3. The zero-order valence-corrected chi connectivity index (χ0v) is 13.0. The van der Waals surface area contributed by atoms with Gasteiger partial charge in [0.1, 0.15) is 0 Å². The van der Waals surface area contributed by atoms with Crippen molar-refractivity contribution in [3.8, 4) is 0 Å². The van der Waals surface area contributed by atoms with Crippen molar-refractivity contribution in [3.05, 3.63) is 28.0 Å². The van der Waals surface area contributed by atoms with Crippen LogP contribution in [-0.4, -0.2) is 33.7 Å². The van der Waals surface area contributed by atoms with E-state index in [-0.39, 0.29) is 0 Å². The fourth-order valence-electron chi connectivity index (χ4n) is 3.60. The second-order valence-corrected chi connectivity index (χ2v) is 6.93. The van der Waals surface area contributed by atoms with Crippen molar-refractivity contribution >= 4 is 23.2 Å². The summed E-state index contributed by atoms with van der Waals surface area (Å²) in [4.78, 5) is 6.35. The van der Waals surface area contributed by atoms with Gasteiger partial charge in [-0.05, 0) is 19.3 Å². The summed E-state index contributed by atoms with van der Waals surface area (Å²) in [7, 11) is 0. The van der Waals surface area contributed by atoms with Gasteiger partial charge in [-0.25, -0.2) is 0 Å². The standard InChI is InChI=1S/C15H20Cl2N2O/c16-13-7-18-8-14(17)12(13)10-19-6-5-15(20)4-2-1-3-11(15)9-19/h7-8,11,20H,1-6,9-10H2/t11-,15-/m0/s1. The van der Waals surface area contributed by atoms with Gasteiger partial charge in [0, 0.05) is 43.5 Å². The zero-order chi connectivity index (χ0) is 14.2. The van der Waals surface area contributed by atoms with Crippen LogP contribution >= 0.6 is 23.2 Å². The molecule has 0 spiro atoms. The zero-order valence-electron chi connectivity index (χ0n) is 11.5. The summed E-state index contributed by atoms with van der Waals surface area (Å²) in [6.45, 7) is 2.58. The number of nitrogens with zero attached hydrogens (tertiary/aromatic N) is 2. The van der Waals surface area contributed by atoms with E-state index in [4.69, 9.17) is 23.2 Å². The topological polar surface area (TPSA) is 36.4 Å². The Balaban J connectivity index is 1.71. The number of hydrogen-bond donors (Lipinski definition) is 1. The highest BCUT2D eigenvalue weighted by Gasteiger charge is 2.42. The predicted molar refractivity (Wildman–Crippen MR) is 81.1 cm³/mol. The van der Waals surface area contributed by atoms with E-state index in [9.17, 15) is 5.11 Å². The third-order valence-corrected chi connectivity index (χ3v) is 5.50. The number of piperidine rings is 1. The lowest BCUT2D eigenvalue weighted by Crippen LogP contribution is -2.52. The first-order chi connectivity index (χ1) is 9.58. The number of rotatable bonds is 2. The molecular formula is C15H20Cl2N2O. The molecule has 0 aromatic carbocycles. The van der Waals surface area contributed by atoms with E-state index in [1.165, 1.54) is 6.42 Å². The van der Waals surface area contributed by atoms with E-state index in [1.807, 2.05) is 0 Å². The van der Waals surface area contributed by atoms with Crippen LogP contribution in [-0.2, 0) is 6.54 Å². The molecular weight excluding hydrogens is 295 g/mol. The van der Waals surface area contributed by atoms with E-state index in [0.717, 1.165) is 50.9 Å². The minimum Gasteiger partial charge on any atom is -0.390 e. The highest BCUT2D eigenvalue weighted by atomic mass is 35.5. The van der Waals surface area contributed by atoms with Crippen LogP contribution in [0.3, 0.4) is 0 Å². The van der Waals surface area contributed by atoms with E-state index in [1.54, 1.807) is 12.4 Å². The van der Waals surface area contributed by atoms with Crippen LogP contribution < -0.4 is 0 Å². The molecule has 0 radical (unpaired) electrons. The molecule has 1 aromatic rings. The first kappa shape index (κ1) is 14.6. The average Bonchev–Trinajstić information content (AvgIpc) is 2.43. The molecule has 1 aromatic heterocycles. The summed E-state index contributed by atoms with van der Waals surface area (Å²) < 4.78 is 0. The van der Waals surface area contributed by atoms with Crippen molar-refractivity contribution in [1.29, 1.82) is 0 Å². The molecule has 1 saturated heterocycles. The normalized spacial score (nSPS) is 31.1. The number of aromatic nitrogens is 1. The van der Waals surface area contributed by atoms with Gasteiger partial charge in [-0.2, -0.15) is 0 Å². The maximum atomic E-state index is 10.7. The van der Waals surface area contributed by atoms with E-state index in [0.29, 0.717) is 16.0 Å². The van der Waals surface area contributed by atoms with Gasteiger partial charge in [0.15, 0.2) is 0 Å². The van der Waals surface area contributed by atoms with Crippen molar-refractivity contribution in [1.82, 2.24) is 9.88 Å². The van der Waals surface area contributed by atoms with Gasteiger partial charge in [-0.1, -0.05) is 36.0 Å². The minimum absolute atomic E-state index is 0.393. The van der Waals surface area contributed by atoms with E-state index >= 15 is 0 Å². The summed E-state index contributed by atoms with van der Waals surface area (Å²) in [5, 5.41) is 11.9. The van der Waals surface area contributed by atoms with Crippen LogP contribution in [0, 0.1) is 5.92 Å². The van der Waals surface area contributed by atoms with Gasteiger partial charge in [0.05, 0.1) is 15.6 Å². The molecule has 1 aliphatic carbocycles. The van der Waals surface area contributed by atoms with Crippen molar-refractivity contribution in [2.75, 3.05) is 13.1 Å². The highest BCUT2D eigenvalue weighted by molar-refractivity contribution is 6.35. The average molecular weight is 315 g/mol. The molecule has 0 unspecified atom stereocenters.